The van der Waals surface area contributed by atoms with Crippen molar-refractivity contribution in [1.82, 2.24) is 19.6 Å². The van der Waals surface area contributed by atoms with Crippen LogP contribution in [-0.2, 0) is 10.2 Å². The predicted molar refractivity (Wildman–Crippen MR) is 107 cm³/mol. The molecule has 5 rings (SSSR count). The lowest BCUT2D eigenvalue weighted by Crippen LogP contribution is -2.27. The standard InChI is InChI=1S/C19H22N8O/c1-19(2)13-4-3-12(9-14(13)23-17(19)28)22-18-24-16-15(21-6-8-27(16)25-18)26-7-5-11(20)10-26/h3-4,6,8-9,11H,5,7,10,20H2,1-2H3,(H,22,25)(H,23,28)/t11-/m0/s1. The monoisotopic (exact) mass is 378 g/mol. The van der Waals surface area contributed by atoms with E-state index in [-0.39, 0.29) is 11.9 Å². The lowest BCUT2D eigenvalue weighted by molar-refractivity contribution is -0.119. The molecule has 2 aromatic heterocycles. The summed E-state index contributed by atoms with van der Waals surface area (Å²) >= 11 is 0. The van der Waals surface area contributed by atoms with Gasteiger partial charge in [-0.25, -0.2) is 9.50 Å². The minimum absolute atomic E-state index is 0.00467. The van der Waals surface area contributed by atoms with Gasteiger partial charge in [0.05, 0.1) is 5.41 Å². The Morgan fingerprint density at radius 3 is 3.00 bits per heavy atom. The highest BCUT2D eigenvalue weighted by Crippen LogP contribution is 2.39. The van der Waals surface area contributed by atoms with Gasteiger partial charge >= 0.3 is 0 Å². The summed E-state index contributed by atoms with van der Waals surface area (Å²) < 4.78 is 1.72. The van der Waals surface area contributed by atoms with Crippen molar-refractivity contribution in [2.75, 3.05) is 28.6 Å². The van der Waals surface area contributed by atoms with Gasteiger partial charge in [0.15, 0.2) is 11.5 Å². The zero-order valence-electron chi connectivity index (χ0n) is 15.8. The minimum Gasteiger partial charge on any atom is -0.352 e. The molecular formula is C19H22N8O. The second kappa shape index (κ2) is 5.90. The molecule has 1 saturated heterocycles. The van der Waals surface area contributed by atoms with Crippen molar-refractivity contribution in [2.45, 2.75) is 31.7 Å². The first-order valence-corrected chi connectivity index (χ1v) is 9.37. The first kappa shape index (κ1) is 16.9. The molecule has 3 aromatic rings. The van der Waals surface area contributed by atoms with Crippen molar-refractivity contribution in [3.63, 3.8) is 0 Å². The number of carbonyl (C=O) groups is 1. The van der Waals surface area contributed by atoms with Crippen LogP contribution in [0.5, 0.6) is 0 Å². The number of amides is 1. The number of hydrogen-bond acceptors (Lipinski definition) is 7. The van der Waals surface area contributed by atoms with Crippen molar-refractivity contribution in [1.29, 1.82) is 0 Å². The molecule has 2 aliphatic heterocycles. The van der Waals surface area contributed by atoms with Crippen molar-refractivity contribution < 1.29 is 4.79 Å². The molecule has 0 radical (unpaired) electrons. The molecule has 0 unspecified atom stereocenters. The van der Waals surface area contributed by atoms with Crippen molar-refractivity contribution in [2.24, 2.45) is 5.73 Å². The highest BCUT2D eigenvalue weighted by atomic mass is 16.2. The number of rotatable bonds is 3. The van der Waals surface area contributed by atoms with Gasteiger partial charge in [0, 0.05) is 42.9 Å². The van der Waals surface area contributed by atoms with E-state index < -0.39 is 5.41 Å². The molecule has 144 valence electrons. The van der Waals surface area contributed by atoms with Gasteiger partial charge in [0.1, 0.15) is 0 Å². The van der Waals surface area contributed by atoms with Crippen molar-refractivity contribution in [3.05, 3.63) is 36.2 Å². The molecule has 9 heteroatoms. The van der Waals surface area contributed by atoms with Gasteiger partial charge in [-0.3, -0.25) is 4.79 Å². The second-order valence-electron chi connectivity index (χ2n) is 7.91. The van der Waals surface area contributed by atoms with Crippen LogP contribution >= 0.6 is 0 Å². The van der Waals surface area contributed by atoms with Crippen molar-refractivity contribution in [3.8, 4) is 0 Å². The number of aromatic nitrogens is 4. The summed E-state index contributed by atoms with van der Waals surface area (Å²) in [4.78, 5) is 23.4. The molecule has 28 heavy (non-hydrogen) atoms. The highest BCUT2D eigenvalue weighted by Gasteiger charge is 2.38. The zero-order chi connectivity index (χ0) is 19.5. The SMILES string of the molecule is CC1(C)C(=O)Nc2cc(Nc3nc4c(N5CC[C@H](N)C5)nccn4n3)ccc21. The number of nitrogens with two attached hydrogens (primary N) is 1. The lowest BCUT2D eigenvalue weighted by Gasteiger charge is -2.16. The summed E-state index contributed by atoms with van der Waals surface area (Å²) in [5, 5.41) is 10.7. The summed E-state index contributed by atoms with van der Waals surface area (Å²) in [6.07, 6.45) is 4.44. The summed E-state index contributed by atoms with van der Waals surface area (Å²) in [5.41, 5.74) is 8.82. The second-order valence-corrected chi connectivity index (χ2v) is 7.91. The van der Waals surface area contributed by atoms with Crippen LogP contribution in [0.25, 0.3) is 5.65 Å². The maximum atomic E-state index is 12.1. The normalized spacial score (nSPS) is 20.5. The van der Waals surface area contributed by atoms with Crippen LogP contribution in [-0.4, -0.2) is 44.6 Å². The summed E-state index contributed by atoms with van der Waals surface area (Å²) in [5.74, 6) is 1.27. The van der Waals surface area contributed by atoms with Gasteiger partial charge in [0.25, 0.3) is 0 Å². The van der Waals surface area contributed by atoms with Crippen LogP contribution in [0.1, 0.15) is 25.8 Å². The van der Waals surface area contributed by atoms with Crippen LogP contribution in [0.4, 0.5) is 23.1 Å². The quantitative estimate of drug-likeness (QED) is 0.635. The largest absolute Gasteiger partial charge is 0.352 e. The van der Waals surface area contributed by atoms with Gasteiger partial charge in [-0.15, -0.1) is 5.10 Å². The molecule has 9 nitrogen and oxygen atoms in total. The summed E-state index contributed by atoms with van der Waals surface area (Å²) in [6, 6.07) is 5.97. The molecule has 0 bridgehead atoms. The summed E-state index contributed by atoms with van der Waals surface area (Å²) in [6.45, 7) is 5.47. The van der Waals surface area contributed by atoms with Crippen LogP contribution in [0, 0.1) is 0 Å². The lowest BCUT2D eigenvalue weighted by atomic mass is 9.86. The van der Waals surface area contributed by atoms with E-state index in [0.29, 0.717) is 11.6 Å². The number of nitrogens with zero attached hydrogens (tertiary/aromatic N) is 5. The van der Waals surface area contributed by atoms with Gasteiger partial charge in [-0.2, -0.15) is 4.98 Å². The van der Waals surface area contributed by atoms with Crippen LogP contribution in [0.2, 0.25) is 0 Å². The Morgan fingerprint density at radius 1 is 1.36 bits per heavy atom. The fourth-order valence-electron chi connectivity index (χ4n) is 3.86. The number of carbonyl (C=O) groups excluding carboxylic acids is 1. The molecule has 0 aliphatic carbocycles. The number of benzene rings is 1. The third-order valence-corrected chi connectivity index (χ3v) is 5.53. The Hall–Kier alpha value is -3.20. The van der Waals surface area contributed by atoms with Gasteiger partial charge < -0.3 is 21.3 Å². The van der Waals surface area contributed by atoms with E-state index in [4.69, 9.17) is 5.73 Å². The van der Waals surface area contributed by atoms with E-state index in [1.165, 1.54) is 0 Å². The average Bonchev–Trinajstić information content (AvgIpc) is 3.31. The molecule has 1 aromatic carbocycles. The molecule has 0 saturated carbocycles. The third-order valence-electron chi connectivity index (χ3n) is 5.53. The summed E-state index contributed by atoms with van der Waals surface area (Å²) in [7, 11) is 0. The van der Waals surface area contributed by atoms with E-state index in [1.54, 1.807) is 16.9 Å². The Kier molecular flexibility index (Phi) is 3.57. The molecule has 2 aliphatic rings. The molecule has 1 fully saturated rings. The Morgan fingerprint density at radius 2 is 2.21 bits per heavy atom. The topological polar surface area (TPSA) is 113 Å². The van der Waals surface area contributed by atoms with E-state index >= 15 is 0 Å². The Labute approximate surface area is 162 Å². The van der Waals surface area contributed by atoms with E-state index in [0.717, 1.165) is 42.3 Å². The van der Waals surface area contributed by atoms with Crippen LogP contribution < -0.4 is 21.3 Å². The first-order valence-electron chi connectivity index (χ1n) is 9.37. The number of fused-ring (bicyclic) bond motifs is 2. The fraction of sp³-hybridized carbons (Fsp3) is 0.368. The van der Waals surface area contributed by atoms with Gasteiger partial charge in [0.2, 0.25) is 11.9 Å². The Balaban J connectivity index is 1.45. The number of hydrogen-bond donors (Lipinski definition) is 3. The van der Waals surface area contributed by atoms with E-state index in [1.807, 2.05) is 32.0 Å². The molecule has 0 spiro atoms. The maximum Gasteiger partial charge on any atom is 0.247 e. The third kappa shape index (κ3) is 2.58. The smallest absolute Gasteiger partial charge is 0.247 e. The first-order chi connectivity index (χ1) is 13.4. The van der Waals surface area contributed by atoms with Crippen molar-refractivity contribution >= 4 is 34.7 Å². The minimum atomic E-state index is -0.521. The highest BCUT2D eigenvalue weighted by molar-refractivity contribution is 6.06. The fourth-order valence-corrected chi connectivity index (χ4v) is 3.86. The Bertz CT molecular complexity index is 1090. The van der Waals surface area contributed by atoms with E-state index in [2.05, 4.69) is 30.6 Å². The molecule has 4 heterocycles. The van der Waals surface area contributed by atoms with Gasteiger partial charge in [-0.1, -0.05) is 6.07 Å². The maximum absolute atomic E-state index is 12.1. The zero-order valence-corrected chi connectivity index (χ0v) is 15.8. The van der Waals surface area contributed by atoms with Crippen LogP contribution in [0.15, 0.2) is 30.6 Å². The number of nitrogens with one attached hydrogen (secondary N) is 2. The van der Waals surface area contributed by atoms with E-state index in [9.17, 15) is 4.79 Å². The molecular weight excluding hydrogens is 356 g/mol. The van der Waals surface area contributed by atoms with Crippen LogP contribution in [0.3, 0.4) is 0 Å². The molecule has 1 atom stereocenters. The predicted octanol–water partition coefficient (Wildman–Crippen LogP) is 1.63. The molecule has 4 N–H and O–H groups in total. The van der Waals surface area contributed by atoms with Gasteiger partial charge in [-0.05, 0) is 38.0 Å². The average molecular weight is 378 g/mol. The number of anilines is 4. The molecule has 1 amide bonds.